The number of rotatable bonds is 5. The summed E-state index contributed by atoms with van der Waals surface area (Å²) in [6.07, 6.45) is 0. The molecule has 0 bridgehead atoms. The first-order chi connectivity index (χ1) is 10.3. The zero-order chi connectivity index (χ0) is 14.7. The first-order valence-electron chi connectivity index (χ1n) is 6.46. The van der Waals surface area contributed by atoms with Crippen molar-refractivity contribution in [2.24, 2.45) is 0 Å². The third-order valence-corrected chi connectivity index (χ3v) is 4.18. The Morgan fingerprint density at radius 1 is 1.19 bits per heavy atom. The van der Waals surface area contributed by atoms with Crippen molar-refractivity contribution in [1.29, 1.82) is 0 Å². The van der Waals surface area contributed by atoms with E-state index in [9.17, 15) is 4.79 Å². The molecule has 1 aliphatic rings. The van der Waals surface area contributed by atoms with Gasteiger partial charge >= 0.3 is 0 Å². The van der Waals surface area contributed by atoms with Gasteiger partial charge in [0.05, 0.1) is 12.9 Å². The van der Waals surface area contributed by atoms with Crippen LogP contribution >= 0.6 is 11.8 Å². The zero-order valence-corrected chi connectivity index (χ0v) is 12.3. The van der Waals surface area contributed by atoms with Gasteiger partial charge in [0.25, 0.3) is 0 Å². The Morgan fingerprint density at radius 2 is 2.00 bits per heavy atom. The lowest BCUT2D eigenvalue weighted by molar-refractivity contribution is 0.102. The highest BCUT2D eigenvalue weighted by Crippen LogP contribution is 2.34. The van der Waals surface area contributed by atoms with Gasteiger partial charge in [-0.15, -0.1) is 11.8 Å². The predicted octanol–water partition coefficient (Wildman–Crippen LogP) is 3.40. The summed E-state index contributed by atoms with van der Waals surface area (Å²) in [4.78, 5) is 13.2. The molecule has 0 aliphatic carbocycles. The lowest BCUT2D eigenvalue weighted by Gasteiger charge is -2.07. The molecular weight excluding hydrogens is 288 g/mol. The van der Waals surface area contributed by atoms with Crippen molar-refractivity contribution in [3.8, 4) is 17.2 Å². The maximum absolute atomic E-state index is 12.3. The van der Waals surface area contributed by atoms with E-state index >= 15 is 0 Å². The van der Waals surface area contributed by atoms with Crippen LogP contribution in [0.4, 0.5) is 0 Å². The number of fused-ring (bicyclic) bond motifs is 1. The molecular formula is C16H14O4S. The van der Waals surface area contributed by atoms with Gasteiger partial charge in [-0.05, 0) is 30.3 Å². The number of carbonyl (C=O) groups excluding carboxylic acids is 1. The van der Waals surface area contributed by atoms with Crippen LogP contribution in [0.3, 0.4) is 0 Å². The lowest BCUT2D eigenvalue weighted by atomic mass is 10.1. The number of ether oxygens (including phenoxy) is 3. The van der Waals surface area contributed by atoms with Crippen molar-refractivity contribution in [1.82, 2.24) is 0 Å². The Bertz CT molecular complexity index is 669. The number of thioether (sulfide) groups is 1. The van der Waals surface area contributed by atoms with E-state index < -0.39 is 0 Å². The van der Waals surface area contributed by atoms with Crippen LogP contribution < -0.4 is 14.2 Å². The molecule has 1 heterocycles. The number of ketones is 1. The molecule has 0 radical (unpaired) electrons. The SMILES string of the molecule is COc1ccccc1SCC(=O)c1ccc2c(c1)OCO2. The Balaban J connectivity index is 1.69. The quantitative estimate of drug-likeness (QED) is 0.625. The third kappa shape index (κ3) is 2.97. The Kier molecular flexibility index (Phi) is 4.01. The summed E-state index contributed by atoms with van der Waals surface area (Å²) in [7, 11) is 1.62. The van der Waals surface area contributed by atoms with Gasteiger partial charge in [-0.1, -0.05) is 12.1 Å². The average molecular weight is 302 g/mol. The summed E-state index contributed by atoms with van der Waals surface area (Å²) in [5, 5.41) is 0. The molecule has 0 fully saturated rings. The number of hydrogen-bond donors (Lipinski definition) is 0. The highest BCUT2D eigenvalue weighted by molar-refractivity contribution is 8.00. The van der Waals surface area contributed by atoms with E-state index in [0.717, 1.165) is 10.6 Å². The maximum Gasteiger partial charge on any atom is 0.231 e. The second kappa shape index (κ2) is 6.10. The molecule has 21 heavy (non-hydrogen) atoms. The Hall–Kier alpha value is -2.14. The monoisotopic (exact) mass is 302 g/mol. The van der Waals surface area contributed by atoms with Gasteiger partial charge in [-0.25, -0.2) is 0 Å². The highest BCUT2D eigenvalue weighted by atomic mass is 32.2. The van der Waals surface area contributed by atoms with E-state index in [0.29, 0.717) is 22.8 Å². The molecule has 0 amide bonds. The number of hydrogen-bond acceptors (Lipinski definition) is 5. The van der Waals surface area contributed by atoms with Gasteiger partial charge in [-0.3, -0.25) is 4.79 Å². The molecule has 5 heteroatoms. The number of Topliss-reactive ketones (excluding diaryl/α,β-unsaturated/α-hetero) is 1. The summed E-state index contributed by atoms with van der Waals surface area (Å²) < 4.78 is 15.8. The predicted molar refractivity (Wildman–Crippen MR) is 80.6 cm³/mol. The summed E-state index contributed by atoms with van der Waals surface area (Å²) in [5.74, 6) is 2.48. The summed E-state index contributed by atoms with van der Waals surface area (Å²) in [5.41, 5.74) is 0.627. The van der Waals surface area contributed by atoms with Gasteiger partial charge in [0.2, 0.25) is 6.79 Å². The standard InChI is InChI=1S/C16H14O4S/c1-18-14-4-2-3-5-16(14)21-9-12(17)11-6-7-13-15(8-11)20-10-19-13/h2-8H,9-10H2,1H3. The van der Waals surface area contributed by atoms with Crippen molar-refractivity contribution in [3.05, 3.63) is 48.0 Å². The highest BCUT2D eigenvalue weighted by Gasteiger charge is 2.16. The van der Waals surface area contributed by atoms with E-state index in [1.54, 1.807) is 25.3 Å². The minimum absolute atomic E-state index is 0.0456. The van der Waals surface area contributed by atoms with Crippen molar-refractivity contribution >= 4 is 17.5 Å². The minimum Gasteiger partial charge on any atom is -0.496 e. The smallest absolute Gasteiger partial charge is 0.231 e. The summed E-state index contributed by atoms with van der Waals surface area (Å²) >= 11 is 1.46. The summed E-state index contributed by atoms with van der Waals surface area (Å²) in [6.45, 7) is 0.211. The molecule has 108 valence electrons. The van der Waals surface area contributed by atoms with Crippen molar-refractivity contribution in [2.75, 3.05) is 19.7 Å². The Labute approximate surface area is 127 Å². The molecule has 0 saturated heterocycles. The first-order valence-corrected chi connectivity index (χ1v) is 7.45. The van der Waals surface area contributed by atoms with Crippen LogP contribution in [-0.4, -0.2) is 25.4 Å². The first kappa shape index (κ1) is 13.8. The van der Waals surface area contributed by atoms with Crippen LogP contribution in [-0.2, 0) is 0 Å². The van der Waals surface area contributed by atoms with Crippen molar-refractivity contribution in [2.45, 2.75) is 4.90 Å². The molecule has 0 spiro atoms. The topological polar surface area (TPSA) is 44.8 Å². The van der Waals surface area contributed by atoms with Gasteiger partial charge in [0.15, 0.2) is 17.3 Å². The maximum atomic E-state index is 12.3. The fourth-order valence-corrected chi connectivity index (χ4v) is 2.96. The number of methoxy groups -OCH3 is 1. The molecule has 0 saturated carbocycles. The van der Waals surface area contributed by atoms with Crippen LogP contribution in [0.25, 0.3) is 0 Å². The molecule has 0 atom stereocenters. The largest absolute Gasteiger partial charge is 0.496 e. The van der Waals surface area contributed by atoms with Gasteiger partial charge in [0.1, 0.15) is 5.75 Å². The van der Waals surface area contributed by atoms with Gasteiger partial charge in [0, 0.05) is 10.5 Å². The van der Waals surface area contributed by atoms with E-state index in [-0.39, 0.29) is 12.6 Å². The lowest BCUT2D eigenvalue weighted by Crippen LogP contribution is -2.02. The number of benzene rings is 2. The van der Waals surface area contributed by atoms with Gasteiger partial charge in [-0.2, -0.15) is 0 Å². The van der Waals surface area contributed by atoms with E-state index in [4.69, 9.17) is 14.2 Å². The minimum atomic E-state index is 0.0456. The fraction of sp³-hybridized carbons (Fsp3) is 0.188. The van der Waals surface area contributed by atoms with Crippen LogP contribution in [0.5, 0.6) is 17.2 Å². The number of carbonyl (C=O) groups is 1. The van der Waals surface area contributed by atoms with Crippen LogP contribution in [0.1, 0.15) is 10.4 Å². The average Bonchev–Trinajstić information content (AvgIpc) is 3.00. The molecule has 2 aromatic carbocycles. The second-order valence-electron chi connectivity index (χ2n) is 4.43. The molecule has 0 aromatic heterocycles. The van der Waals surface area contributed by atoms with Crippen LogP contribution in [0, 0.1) is 0 Å². The molecule has 2 aromatic rings. The molecule has 3 rings (SSSR count). The van der Waals surface area contributed by atoms with E-state index in [2.05, 4.69) is 0 Å². The second-order valence-corrected chi connectivity index (χ2v) is 5.45. The van der Waals surface area contributed by atoms with Crippen molar-refractivity contribution < 1.29 is 19.0 Å². The van der Waals surface area contributed by atoms with Crippen LogP contribution in [0.2, 0.25) is 0 Å². The van der Waals surface area contributed by atoms with Gasteiger partial charge < -0.3 is 14.2 Å². The van der Waals surface area contributed by atoms with E-state index in [1.165, 1.54) is 11.8 Å². The Morgan fingerprint density at radius 3 is 2.86 bits per heavy atom. The molecule has 0 unspecified atom stereocenters. The summed E-state index contributed by atoms with van der Waals surface area (Å²) in [6, 6.07) is 12.9. The van der Waals surface area contributed by atoms with E-state index in [1.807, 2.05) is 24.3 Å². The zero-order valence-electron chi connectivity index (χ0n) is 11.5. The number of para-hydroxylation sites is 1. The molecule has 0 N–H and O–H groups in total. The normalized spacial score (nSPS) is 12.2. The molecule has 1 aliphatic heterocycles. The van der Waals surface area contributed by atoms with Crippen molar-refractivity contribution in [3.63, 3.8) is 0 Å². The fourth-order valence-electron chi connectivity index (χ4n) is 2.03. The third-order valence-electron chi connectivity index (χ3n) is 3.12. The van der Waals surface area contributed by atoms with Crippen LogP contribution in [0.15, 0.2) is 47.4 Å². The molecule has 4 nitrogen and oxygen atoms in total.